The first-order valence-electron chi connectivity index (χ1n) is 4.93. The maximum atomic E-state index is 8.99. The molecular weight excluding hydrogens is 174 g/mol. The topological polar surface area (TPSA) is 39.9 Å². The molecule has 1 fully saturated rings. The van der Waals surface area contributed by atoms with Crippen LogP contribution in [0.3, 0.4) is 0 Å². The molecule has 2 rings (SSSR count). The number of anilines is 1. The van der Waals surface area contributed by atoms with Crippen LogP contribution in [0.4, 0.5) is 5.82 Å². The standard InChI is InChI=1S/C11H13N3/c1-9-6-10(7-12)11(13-8-9)14-4-2-3-5-14/h6,8H,2-5H2,1H3. The molecule has 0 unspecified atom stereocenters. The fourth-order valence-corrected chi connectivity index (χ4v) is 1.83. The fourth-order valence-electron chi connectivity index (χ4n) is 1.83. The molecule has 1 aliphatic heterocycles. The third kappa shape index (κ3) is 1.56. The first-order chi connectivity index (χ1) is 6.81. The Morgan fingerprint density at radius 3 is 2.79 bits per heavy atom. The predicted molar refractivity (Wildman–Crippen MR) is 55.1 cm³/mol. The molecule has 0 radical (unpaired) electrons. The van der Waals surface area contributed by atoms with E-state index in [0.717, 1.165) is 24.5 Å². The van der Waals surface area contributed by atoms with Crippen molar-refractivity contribution in [2.24, 2.45) is 0 Å². The monoisotopic (exact) mass is 187 g/mol. The maximum Gasteiger partial charge on any atom is 0.146 e. The molecule has 1 saturated heterocycles. The van der Waals surface area contributed by atoms with Crippen LogP contribution >= 0.6 is 0 Å². The van der Waals surface area contributed by atoms with Crippen molar-refractivity contribution < 1.29 is 0 Å². The lowest BCUT2D eigenvalue weighted by molar-refractivity contribution is 0.931. The molecule has 2 heterocycles. The molecule has 0 amide bonds. The summed E-state index contributed by atoms with van der Waals surface area (Å²) in [7, 11) is 0. The van der Waals surface area contributed by atoms with Gasteiger partial charge in [0.15, 0.2) is 0 Å². The van der Waals surface area contributed by atoms with E-state index in [1.54, 1.807) is 0 Å². The van der Waals surface area contributed by atoms with Crippen LogP contribution < -0.4 is 4.90 Å². The van der Waals surface area contributed by atoms with Gasteiger partial charge in [0, 0.05) is 19.3 Å². The van der Waals surface area contributed by atoms with Gasteiger partial charge in [-0.05, 0) is 31.4 Å². The van der Waals surface area contributed by atoms with E-state index < -0.39 is 0 Å². The Morgan fingerprint density at radius 1 is 1.43 bits per heavy atom. The highest BCUT2D eigenvalue weighted by Crippen LogP contribution is 2.21. The average Bonchev–Trinajstić information content (AvgIpc) is 2.70. The predicted octanol–water partition coefficient (Wildman–Crippen LogP) is 1.86. The molecule has 1 aliphatic rings. The van der Waals surface area contributed by atoms with Gasteiger partial charge in [-0.25, -0.2) is 4.98 Å². The van der Waals surface area contributed by atoms with Crippen LogP contribution in [0.1, 0.15) is 24.0 Å². The Kier molecular flexibility index (Phi) is 2.36. The molecule has 0 atom stereocenters. The van der Waals surface area contributed by atoms with Gasteiger partial charge in [-0.3, -0.25) is 0 Å². The van der Waals surface area contributed by atoms with Crippen LogP contribution in [-0.4, -0.2) is 18.1 Å². The van der Waals surface area contributed by atoms with E-state index in [4.69, 9.17) is 5.26 Å². The molecule has 0 bridgehead atoms. The molecule has 0 aromatic carbocycles. The molecule has 72 valence electrons. The van der Waals surface area contributed by atoms with Gasteiger partial charge in [0.05, 0.1) is 5.56 Å². The zero-order valence-electron chi connectivity index (χ0n) is 8.32. The maximum absolute atomic E-state index is 8.99. The zero-order valence-corrected chi connectivity index (χ0v) is 8.32. The van der Waals surface area contributed by atoms with Crippen LogP contribution in [0.25, 0.3) is 0 Å². The van der Waals surface area contributed by atoms with Gasteiger partial charge in [-0.1, -0.05) is 0 Å². The first-order valence-corrected chi connectivity index (χ1v) is 4.93. The molecular formula is C11H13N3. The molecule has 1 aromatic rings. The minimum atomic E-state index is 0.701. The molecule has 1 aromatic heterocycles. The Balaban J connectivity index is 2.37. The summed E-state index contributed by atoms with van der Waals surface area (Å²) in [4.78, 5) is 6.53. The van der Waals surface area contributed by atoms with Gasteiger partial charge >= 0.3 is 0 Å². The number of aromatic nitrogens is 1. The smallest absolute Gasteiger partial charge is 0.146 e. The van der Waals surface area contributed by atoms with Gasteiger partial charge in [-0.2, -0.15) is 5.26 Å². The molecule has 14 heavy (non-hydrogen) atoms. The van der Waals surface area contributed by atoms with E-state index in [1.165, 1.54) is 12.8 Å². The van der Waals surface area contributed by atoms with Gasteiger partial charge < -0.3 is 4.90 Å². The number of pyridine rings is 1. The number of hydrogen-bond acceptors (Lipinski definition) is 3. The molecule has 3 heteroatoms. The number of rotatable bonds is 1. The van der Waals surface area contributed by atoms with Crippen LogP contribution in [0, 0.1) is 18.3 Å². The number of nitrogens with zero attached hydrogens (tertiary/aromatic N) is 3. The van der Waals surface area contributed by atoms with E-state index in [-0.39, 0.29) is 0 Å². The number of hydrogen-bond donors (Lipinski definition) is 0. The van der Waals surface area contributed by atoms with Gasteiger partial charge in [0.25, 0.3) is 0 Å². The lowest BCUT2D eigenvalue weighted by atomic mass is 10.2. The first kappa shape index (κ1) is 9.01. The number of nitriles is 1. The quantitative estimate of drug-likeness (QED) is 0.673. The Hall–Kier alpha value is -1.56. The third-order valence-electron chi connectivity index (χ3n) is 2.53. The number of aryl methyl sites for hydroxylation is 1. The Bertz CT molecular complexity index is 373. The fraction of sp³-hybridized carbons (Fsp3) is 0.455. The summed E-state index contributed by atoms with van der Waals surface area (Å²) in [6.45, 7) is 4.02. The summed E-state index contributed by atoms with van der Waals surface area (Å²) in [5.41, 5.74) is 1.75. The second-order valence-corrected chi connectivity index (χ2v) is 3.69. The van der Waals surface area contributed by atoms with Crippen molar-refractivity contribution in [2.45, 2.75) is 19.8 Å². The molecule has 3 nitrogen and oxygen atoms in total. The summed E-state index contributed by atoms with van der Waals surface area (Å²) in [5, 5.41) is 8.99. The summed E-state index contributed by atoms with van der Waals surface area (Å²) >= 11 is 0. The highest BCUT2D eigenvalue weighted by molar-refractivity contribution is 5.55. The highest BCUT2D eigenvalue weighted by atomic mass is 15.2. The van der Waals surface area contributed by atoms with Crippen molar-refractivity contribution in [1.82, 2.24) is 4.98 Å². The lowest BCUT2D eigenvalue weighted by Gasteiger charge is -2.17. The van der Waals surface area contributed by atoms with Gasteiger partial charge in [0.1, 0.15) is 11.9 Å². The van der Waals surface area contributed by atoms with Crippen molar-refractivity contribution in [3.8, 4) is 6.07 Å². The molecule has 0 aliphatic carbocycles. The zero-order chi connectivity index (χ0) is 9.97. The van der Waals surface area contributed by atoms with Crippen LogP contribution in [0.15, 0.2) is 12.3 Å². The SMILES string of the molecule is Cc1cnc(N2CCCC2)c(C#N)c1. The van der Waals surface area contributed by atoms with Crippen molar-refractivity contribution >= 4 is 5.82 Å². The summed E-state index contributed by atoms with van der Waals surface area (Å²) in [6.07, 6.45) is 4.25. The van der Waals surface area contributed by atoms with E-state index in [0.29, 0.717) is 5.56 Å². The van der Waals surface area contributed by atoms with E-state index in [2.05, 4.69) is 16.0 Å². The molecule has 0 spiro atoms. The minimum Gasteiger partial charge on any atom is -0.356 e. The molecule has 0 saturated carbocycles. The summed E-state index contributed by atoms with van der Waals surface area (Å²) in [5.74, 6) is 0.857. The normalized spacial score (nSPS) is 15.6. The van der Waals surface area contributed by atoms with Crippen molar-refractivity contribution in [1.29, 1.82) is 5.26 Å². The van der Waals surface area contributed by atoms with Crippen LogP contribution in [0.5, 0.6) is 0 Å². The van der Waals surface area contributed by atoms with Crippen LogP contribution in [-0.2, 0) is 0 Å². The van der Waals surface area contributed by atoms with Crippen molar-refractivity contribution in [2.75, 3.05) is 18.0 Å². The minimum absolute atomic E-state index is 0.701. The largest absolute Gasteiger partial charge is 0.356 e. The average molecular weight is 187 g/mol. The van der Waals surface area contributed by atoms with E-state index >= 15 is 0 Å². The summed E-state index contributed by atoms with van der Waals surface area (Å²) < 4.78 is 0. The van der Waals surface area contributed by atoms with E-state index in [1.807, 2.05) is 19.2 Å². The van der Waals surface area contributed by atoms with Crippen LogP contribution in [0.2, 0.25) is 0 Å². The molecule has 0 N–H and O–H groups in total. The second-order valence-electron chi connectivity index (χ2n) is 3.69. The van der Waals surface area contributed by atoms with Crippen molar-refractivity contribution in [3.63, 3.8) is 0 Å². The Morgan fingerprint density at radius 2 is 2.14 bits per heavy atom. The van der Waals surface area contributed by atoms with Gasteiger partial charge in [-0.15, -0.1) is 0 Å². The highest BCUT2D eigenvalue weighted by Gasteiger charge is 2.16. The van der Waals surface area contributed by atoms with Crippen molar-refractivity contribution in [3.05, 3.63) is 23.4 Å². The second kappa shape index (κ2) is 3.67. The summed E-state index contributed by atoms with van der Waals surface area (Å²) in [6, 6.07) is 4.11. The van der Waals surface area contributed by atoms with Gasteiger partial charge in [0.2, 0.25) is 0 Å². The Labute approximate surface area is 84.0 Å². The van der Waals surface area contributed by atoms with E-state index in [9.17, 15) is 0 Å². The third-order valence-corrected chi connectivity index (χ3v) is 2.53. The lowest BCUT2D eigenvalue weighted by Crippen LogP contribution is -2.20.